The number of rotatable bonds is 4. The first kappa shape index (κ1) is 15.1. The van der Waals surface area contributed by atoms with Crippen molar-refractivity contribution in [3.05, 3.63) is 0 Å². The van der Waals surface area contributed by atoms with Crippen LogP contribution in [0.2, 0.25) is 0 Å². The van der Waals surface area contributed by atoms with Gasteiger partial charge >= 0.3 is 12.1 Å². The number of amides is 1. The van der Waals surface area contributed by atoms with Gasteiger partial charge in [-0.25, -0.2) is 9.59 Å². The molecule has 2 fully saturated rings. The van der Waals surface area contributed by atoms with Gasteiger partial charge in [0.2, 0.25) is 0 Å². The topological polar surface area (TPSA) is 76.1 Å². The van der Waals surface area contributed by atoms with Gasteiger partial charge in [-0.3, -0.25) is 4.90 Å². The van der Waals surface area contributed by atoms with Gasteiger partial charge in [-0.2, -0.15) is 0 Å². The number of carboxylic acid groups (broad SMARTS) is 1. The molecule has 1 N–H and O–H groups in total. The highest BCUT2D eigenvalue weighted by molar-refractivity contribution is 5.86. The second-order valence-corrected chi connectivity index (χ2v) is 6.68. The van der Waals surface area contributed by atoms with Crippen LogP contribution in [0.4, 0.5) is 4.79 Å². The number of carboxylic acids is 1. The number of ether oxygens (including phenoxy) is 2. The van der Waals surface area contributed by atoms with E-state index in [1.807, 2.05) is 0 Å². The summed E-state index contributed by atoms with van der Waals surface area (Å²) in [5.41, 5.74) is -1.79. The molecule has 0 atom stereocenters. The summed E-state index contributed by atoms with van der Waals surface area (Å²) >= 11 is 0. The summed E-state index contributed by atoms with van der Waals surface area (Å²) in [6.07, 6.45) is 1.70. The zero-order valence-electron chi connectivity index (χ0n) is 12.5. The van der Waals surface area contributed by atoms with Crippen molar-refractivity contribution in [2.45, 2.75) is 69.7 Å². The van der Waals surface area contributed by atoms with Crippen LogP contribution in [0.3, 0.4) is 0 Å². The molecule has 20 heavy (non-hydrogen) atoms. The molecule has 0 spiro atoms. The molecule has 2 aliphatic carbocycles. The van der Waals surface area contributed by atoms with Crippen molar-refractivity contribution in [2.75, 3.05) is 7.11 Å². The first-order valence-corrected chi connectivity index (χ1v) is 6.98. The maximum Gasteiger partial charge on any atom is 0.411 e. The molecule has 0 unspecified atom stereocenters. The van der Waals surface area contributed by atoms with Gasteiger partial charge in [0.25, 0.3) is 0 Å². The SMILES string of the molecule is COC1CC(C(=O)O)(N(C(=O)OC(C)(C)C)C2CC2)C1. The fraction of sp³-hybridized carbons (Fsp3) is 0.857. The monoisotopic (exact) mass is 285 g/mol. The van der Waals surface area contributed by atoms with E-state index >= 15 is 0 Å². The molecule has 114 valence electrons. The molecule has 0 radical (unpaired) electrons. The van der Waals surface area contributed by atoms with Gasteiger partial charge in [0.15, 0.2) is 0 Å². The van der Waals surface area contributed by atoms with Gasteiger partial charge < -0.3 is 14.6 Å². The van der Waals surface area contributed by atoms with E-state index in [0.717, 1.165) is 12.8 Å². The first-order valence-electron chi connectivity index (χ1n) is 6.98. The van der Waals surface area contributed by atoms with Crippen molar-refractivity contribution < 1.29 is 24.2 Å². The lowest BCUT2D eigenvalue weighted by atomic mass is 9.72. The van der Waals surface area contributed by atoms with Crippen LogP contribution in [0, 0.1) is 0 Å². The van der Waals surface area contributed by atoms with Gasteiger partial charge in [-0.15, -0.1) is 0 Å². The van der Waals surface area contributed by atoms with Crippen molar-refractivity contribution in [1.82, 2.24) is 4.90 Å². The Morgan fingerprint density at radius 1 is 1.25 bits per heavy atom. The maximum absolute atomic E-state index is 12.4. The normalized spacial score (nSPS) is 29.5. The van der Waals surface area contributed by atoms with Gasteiger partial charge in [-0.1, -0.05) is 0 Å². The van der Waals surface area contributed by atoms with Gasteiger partial charge in [0.1, 0.15) is 11.1 Å². The lowest BCUT2D eigenvalue weighted by molar-refractivity contribution is -0.170. The molecule has 2 aliphatic rings. The minimum Gasteiger partial charge on any atom is -0.479 e. The fourth-order valence-corrected chi connectivity index (χ4v) is 2.65. The van der Waals surface area contributed by atoms with Crippen molar-refractivity contribution in [1.29, 1.82) is 0 Å². The largest absolute Gasteiger partial charge is 0.479 e. The van der Waals surface area contributed by atoms with Crippen LogP contribution in [-0.4, -0.2) is 52.5 Å². The van der Waals surface area contributed by atoms with E-state index < -0.39 is 23.2 Å². The zero-order valence-corrected chi connectivity index (χ0v) is 12.5. The van der Waals surface area contributed by atoms with Crippen LogP contribution in [-0.2, 0) is 14.3 Å². The molecule has 2 saturated carbocycles. The third-order valence-corrected chi connectivity index (χ3v) is 3.83. The molecular weight excluding hydrogens is 262 g/mol. The van der Waals surface area contributed by atoms with E-state index in [1.54, 1.807) is 27.9 Å². The lowest BCUT2D eigenvalue weighted by Crippen LogP contribution is -2.67. The first-order chi connectivity index (χ1) is 9.19. The van der Waals surface area contributed by atoms with E-state index in [4.69, 9.17) is 9.47 Å². The number of carbonyl (C=O) groups is 2. The smallest absolute Gasteiger partial charge is 0.411 e. The molecule has 2 rings (SSSR count). The molecule has 6 heteroatoms. The van der Waals surface area contributed by atoms with E-state index in [-0.39, 0.29) is 12.1 Å². The highest BCUT2D eigenvalue weighted by Crippen LogP contribution is 2.46. The van der Waals surface area contributed by atoms with Crippen molar-refractivity contribution in [3.8, 4) is 0 Å². The van der Waals surface area contributed by atoms with Crippen LogP contribution in [0.1, 0.15) is 46.5 Å². The number of carbonyl (C=O) groups excluding carboxylic acids is 1. The number of hydrogen-bond acceptors (Lipinski definition) is 4. The average Bonchev–Trinajstić information content (AvgIpc) is 3.02. The summed E-state index contributed by atoms with van der Waals surface area (Å²) in [6, 6.07) is -0.0150. The summed E-state index contributed by atoms with van der Waals surface area (Å²) in [5, 5.41) is 9.59. The van der Waals surface area contributed by atoms with Gasteiger partial charge in [0, 0.05) is 26.0 Å². The molecule has 0 heterocycles. The zero-order chi connectivity index (χ0) is 15.1. The van der Waals surface area contributed by atoms with Gasteiger partial charge in [0.05, 0.1) is 6.10 Å². The van der Waals surface area contributed by atoms with Crippen LogP contribution in [0.25, 0.3) is 0 Å². The minimum atomic E-state index is -1.16. The third kappa shape index (κ3) is 2.75. The van der Waals surface area contributed by atoms with Crippen molar-refractivity contribution >= 4 is 12.1 Å². The second kappa shape index (κ2) is 4.91. The Balaban J connectivity index is 2.19. The van der Waals surface area contributed by atoms with E-state index in [9.17, 15) is 14.7 Å². The molecule has 0 aromatic heterocycles. The number of hydrogen-bond donors (Lipinski definition) is 1. The number of nitrogens with zero attached hydrogens (tertiary/aromatic N) is 1. The number of aliphatic carboxylic acids is 1. The second-order valence-electron chi connectivity index (χ2n) is 6.68. The summed E-state index contributed by atoms with van der Waals surface area (Å²) < 4.78 is 10.6. The summed E-state index contributed by atoms with van der Waals surface area (Å²) in [5.74, 6) is -0.969. The summed E-state index contributed by atoms with van der Waals surface area (Å²) in [7, 11) is 1.56. The number of methoxy groups -OCH3 is 1. The van der Waals surface area contributed by atoms with Crippen LogP contribution in [0.15, 0.2) is 0 Å². The molecule has 0 aromatic rings. The van der Waals surface area contributed by atoms with Gasteiger partial charge in [-0.05, 0) is 33.6 Å². The third-order valence-electron chi connectivity index (χ3n) is 3.83. The Morgan fingerprint density at radius 2 is 1.80 bits per heavy atom. The molecule has 0 aromatic carbocycles. The maximum atomic E-state index is 12.4. The Hall–Kier alpha value is -1.30. The Morgan fingerprint density at radius 3 is 2.15 bits per heavy atom. The Kier molecular flexibility index (Phi) is 3.71. The standard InChI is InChI=1S/C14H23NO5/c1-13(2,3)20-12(18)15(9-5-6-9)14(11(16)17)7-10(8-14)19-4/h9-10H,5-8H2,1-4H3,(H,16,17). The molecule has 0 bridgehead atoms. The van der Waals surface area contributed by atoms with Crippen LogP contribution >= 0.6 is 0 Å². The average molecular weight is 285 g/mol. The Bertz CT molecular complexity index is 404. The van der Waals surface area contributed by atoms with Crippen LogP contribution in [0.5, 0.6) is 0 Å². The van der Waals surface area contributed by atoms with Crippen LogP contribution < -0.4 is 0 Å². The fourth-order valence-electron chi connectivity index (χ4n) is 2.65. The molecule has 0 aliphatic heterocycles. The highest BCUT2D eigenvalue weighted by atomic mass is 16.6. The van der Waals surface area contributed by atoms with E-state index in [0.29, 0.717) is 12.8 Å². The molecule has 0 saturated heterocycles. The molecule has 1 amide bonds. The predicted octanol–water partition coefficient (Wildman–Crippen LogP) is 2.02. The lowest BCUT2D eigenvalue weighted by Gasteiger charge is -2.50. The van der Waals surface area contributed by atoms with E-state index in [1.165, 1.54) is 4.90 Å². The Labute approximate surface area is 119 Å². The quantitative estimate of drug-likeness (QED) is 0.855. The molecule has 6 nitrogen and oxygen atoms in total. The minimum absolute atomic E-state index is 0.0150. The summed E-state index contributed by atoms with van der Waals surface area (Å²) in [4.78, 5) is 25.5. The predicted molar refractivity (Wildman–Crippen MR) is 71.5 cm³/mol. The summed E-state index contributed by atoms with van der Waals surface area (Å²) in [6.45, 7) is 5.34. The van der Waals surface area contributed by atoms with Crippen molar-refractivity contribution in [3.63, 3.8) is 0 Å². The highest BCUT2D eigenvalue weighted by Gasteiger charge is 2.60. The molecular formula is C14H23NO5. The van der Waals surface area contributed by atoms with E-state index in [2.05, 4.69) is 0 Å². The van der Waals surface area contributed by atoms with Crippen molar-refractivity contribution in [2.24, 2.45) is 0 Å².